The maximum Gasteiger partial charge on any atom is 0.242 e. The number of halogens is 1. The van der Waals surface area contributed by atoms with Crippen LogP contribution in [0.25, 0.3) is 0 Å². The van der Waals surface area contributed by atoms with Crippen molar-refractivity contribution in [1.82, 2.24) is 4.72 Å². The molecule has 3 rings (SSSR count). The van der Waals surface area contributed by atoms with E-state index in [2.05, 4.69) is 4.72 Å². The van der Waals surface area contributed by atoms with E-state index in [1.807, 2.05) is 18.2 Å². The van der Waals surface area contributed by atoms with Crippen molar-refractivity contribution in [3.05, 3.63) is 58.6 Å². The molecule has 1 N–H and O–H groups in total. The molecule has 4 nitrogen and oxygen atoms in total. The summed E-state index contributed by atoms with van der Waals surface area (Å²) in [7, 11) is -3.62. The summed E-state index contributed by atoms with van der Waals surface area (Å²) in [4.78, 5) is 0.0953. The molecular weight excluding hydrogens is 322 g/mol. The number of hydrogen-bond acceptors (Lipinski definition) is 3. The van der Waals surface area contributed by atoms with Gasteiger partial charge in [0.25, 0.3) is 0 Å². The summed E-state index contributed by atoms with van der Waals surface area (Å²) in [6, 6.07) is 12.2. The largest absolute Gasteiger partial charge is 0.493 e. The Labute approximate surface area is 135 Å². The normalized spacial score (nSPS) is 14.2. The zero-order valence-corrected chi connectivity index (χ0v) is 13.5. The number of rotatable bonds is 4. The quantitative estimate of drug-likeness (QED) is 0.932. The van der Waals surface area contributed by atoms with Crippen LogP contribution in [0.5, 0.6) is 5.75 Å². The van der Waals surface area contributed by atoms with Gasteiger partial charge in [0.2, 0.25) is 10.0 Å². The third-order valence-electron chi connectivity index (χ3n) is 3.57. The Bertz CT molecular complexity index is 790. The van der Waals surface area contributed by atoms with Crippen molar-refractivity contribution < 1.29 is 13.2 Å². The Balaban J connectivity index is 1.76. The standard InChI is InChI=1S/C16H16ClNO3S/c17-14-5-1-2-6-16(14)22(19,20)18-11-12-7-8-15-13(10-12)4-3-9-21-15/h1-2,5-8,10,18H,3-4,9,11H2. The van der Waals surface area contributed by atoms with Gasteiger partial charge in [-0.3, -0.25) is 0 Å². The summed E-state index contributed by atoms with van der Waals surface area (Å²) >= 11 is 5.95. The lowest BCUT2D eigenvalue weighted by molar-refractivity contribution is 0.288. The zero-order chi connectivity index (χ0) is 15.6. The molecule has 0 bridgehead atoms. The van der Waals surface area contributed by atoms with Crippen LogP contribution in [-0.4, -0.2) is 15.0 Å². The lowest BCUT2D eigenvalue weighted by Gasteiger charge is -2.18. The van der Waals surface area contributed by atoms with Gasteiger partial charge in [-0.25, -0.2) is 13.1 Å². The van der Waals surface area contributed by atoms with Crippen molar-refractivity contribution >= 4 is 21.6 Å². The van der Waals surface area contributed by atoms with Crippen LogP contribution >= 0.6 is 11.6 Å². The van der Waals surface area contributed by atoms with Crippen LogP contribution < -0.4 is 9.46 Å². The molecule has 0 atom stereocenters. The van der Waals surface area contributed by atoms with Crippen LogP contribution in [0.1, 0.15) is 17.5 Å². The number of fused-ring (bicyclic) bond motifs is 1. The molecule has 0 unspecified atom stereocenters. The Morgan fingerprint density at radius 2 is 2.00 bits per heavy atom. The summed E-state index contributed by atoms with van der Waals surface area (Å²) in [5.74, 6) is 0.893. The van der Waals surface area contributed by atoms with Gasteiger partial charge in [-0.1, -0.05) is 35.9 Å². The van der Waals surface area contributed by atoms with Crippen LogP contribution in [0.3, 0.4) is 0 Å². The molecule has 1 aliphatic heterocycles. The first kappa shape index (κ1) is 15.3. The molecule has 1 heterocycles. The molecule has 0 aromatic heterocycles. The lowest BCUT2D eigenvalue weighted by Crippen LogP contribution is -2.23. The lowest BCUT2D eigenvalue weighted by atomic mass is 10.0. The van der Waals surface area contributed by atoms with Gasteiger partial charge in [0.15, 0.2) is 0 Å². The summed E-state index contributed by atoms with van der Waals surface area (Å²) in [6.07, 6.45) is 1.95. The molecule has 22 heavy (non-hydrogen) atoms. The van der Waals surface area contributed by atoms with Crippen molar-refractivity contribution in [3.63, 3.8) is 0 Å². The SMILES string of the molecule is O=S(=O)(NCc1ccc2c(c1)CCCO2)c1ccccc1Cl. The van der Waals surface area contributed by atoms with E-state index >= 15 is 0 Å². The summed E-state index contributed by atoms with van der Waals surface area (Å²) < 4.78 is 32.7. The summed E-state index contributed by atoms with van der Waals surface area (Å²) in [5, 5.41) is 0.217. The van der Waals surface area contributed by atoms with Gasteiger partial charge in [0.05, 0.1) is 11.6 Å². The molecule has 2 aromatic rings. The first-order chi connectivity index (χ1) is 10.6. The van der Waals surface area contributed by atoms with Crippen LogP contribution in [0.2, 0.25) is 5.02 Å². The number of hydrogen-bond donors (Lipinski definition) is 1. The van der Waals surface area contributed by atoms with Crippen molar-refractivity contribution in [1.29, 1.82) is 0 Å². The molecule has 116 valence electrons. The predicted molar refractivity (Wildman–Crippen MR) is 85.7 cm³/mol. The molecule has 0 aliphatic carbocycles. The molecular formula is C16H16ClNO3S. The van der Waals surface area contributed by atoms with E-state index in [9.17, 15) is 8.42 Å². The molecule has 0 amide bonds. The number of sulfonamides is 1. The first-order valence-electron chi connectivity index (χ1n) is 7.05. The van der Waals surface area contributed by atoms with Crippen molar-refractivity contribution in [2.24, 2.45) is 0 Å². The fourth-order valence-electron chi connectivity index (χ4n) is 2.44. The topological polar surface area (TPSA) is 55.4 Å². The predicted octanol–water partition coefficient (Wildman–Crippen LogP) is 3.14. The fourth-order valence-corrected chi connectivity index (χ4v) is 3.98. The van der Waals surface area contributed by atoms with Gasteiger partial charge < -0.3 is 4.74 Å². The Morgan fingerprint density at radius 1 is 1.18 bits per heavy atom. The summed E-state index contributed by atoms with van der Waals surface area (Å²) in [6.45, 7) is 0.965. The molecule has 2 aromatic carbocycles. The highest BCUT2D eigenvalue weighted by molar-refractivity contribution is 7.89. The second-order valence-corrected chi connectivity index (χ2v) is 7.29. The number of benzene rings is 2. The Hall–Kier alpha value is -1.56. The average Bonchev–Trinajstić information content (AvgIpc) is 2.53. The van der Waals surface area contributed by atoms with Crippen molar-refractivity contribution in [2.45, 2.75) is 24.3 Å². The van der Waals surface area contributed by atoms with Crippen LogP contribution in [0.4, 0.5) is 0 Å². The molecule has 0 saturated heterocycles. The third kappa shape index (κ3) is 3.27. The second kappa shape index (κ2) is 6.28. The Morgan fingerprint density at radius 3 is 2.82 bits per heavy atom. The van der Waals surface area contributed by atoms with Gasteiger partial charge >= 0.3 is 0 Å². The minimum atomic E-state index is -3.62. The Kier molecular flexibility index (Phi) is 4.38. The maximum absolute atomic E-state index is 12.3. The fraction of sp³-hybridized carbons (Fsp3) is 0.250. The van der Waals surface area contributed by atoms with E-state index in [1.54, 1.807) is 18.2 Å². The molecule has 1 aliphatic rings. The van der Waals surface area contributed by atoms with E-state index in [-0.39, 0.29) is 16.5 Å². The van der Waals surface area contributed by atoms with E-state index in [1.165, 1.54) is 6.07 Å². The third-order valence-corrected chi connectivity index (χ3v) is 5.47. The van der Waals surface area contributed by atoms with E-state index in [4.69, 9.17) is 16.3 Å². The molecule has 6 heteroatoms. The van der Waals surface area contributed by atoms with E-state index < -0.39 is 10.0 Å². The van der Waals surface area contributed by atoms with Gasteiger partial charge in [-0.2, -0.15) is 0 Å². The molecule has 0 spiro atoms. The van der Waals surface area contributed by atoms with Gasteiger partial charge in [-0.15, -0.1) is 0 Å². The van der Waals surface area contributed by atoms with Crippen molar-refractivity contribution in [2.75, 3.05) is 6.61 Å². The smallest absolute Gasteiger partial charge is 0.242 e. The highest BCUT2D eigenvalue weighted by Gasteiger charge is 2.17. The van der Waals surface area contributed by atoms with Gasteiger partial charge in [0, 0.05) is 6.54 Å². The van der Waals surface area contributed by atoms with Crippen LogP contribution in [0.15, 0.2) is 47.4 Å². The van der Waals surface area contributed by atoms with Gasteiger partial charge in [0.1, 0.15) is 10.6 Å². The molecule has 0 radical (unpaired) electrons. The average molecular weight is 338 g/mol. The maximum atomic E-state index is 12.3. The number of aryl methyl sites for hydroxylation is 1. The molecule has 0 saturated carbocycles. The molecule has 0 fully saturated rings. The number of nitrogens with one attached hydrogen (secondary N) is 1. The minimum absolute atomic E-state index is 0.0953. The summed E-state index contributed by atoms with van der Waals surface area (Å²) in [5.41, 5.74) is 2.03. The number of ether oxygens (including phenoxy) is 1. The highest BCUT2D eigenvalue weighted by atomic mass is 35.5. The van der Waals surface area contributed by atoms with E-state index in [0.29, 0.717) is 0 Å². The monoisotopic (exact) mass is 337 g/mol. The van der Waals surface area contributed by atoms with Crippen LogP contribution in [0, 0.1) is 0 Å². The van der Waals surface area contributed by atoms with Gasteiger partial charge in [-0.05, 0) is 42.2 Å². The first-order valence-corrected chi connectivity index (χ1v) is 8.91. The highest BCUT2D eigenvalue weighted by Crippen LogP contribution is 2.26. The minimum Gasteiger partial charge on any atom is -0.493 e. The van der Waals surface area contributed by atoms with Crippen LogP contribution in [-0.2, 0) is 23.0 Å². The second-order valence-electron chi connectivity index (χ2n) is 5.15. The van der Waals surface area contributed by atoms with E-state index in [0.717, 1.165) is 36.3 Å². The van der Waals surface area contributed by atoms with Crippen molar-refractivity contribution in [3.8, 4) is 5.75 Å². The zero-order valence-electron chi connectivity index (χ0n) is 11.9.